The fraction of sp³-hybridized carbons (Fsp3) is 0.571. The molecule has 0 aliphatic carbocycles. The number of rotatable bonds is 4. The third-order valence-electron chi connectivity index (χ3n) is 3.30. The maximum Gasteiger partial charge on any atom is 0.0680 e. The Labute approximate surface area is 103 Å². The largest absolute Gasteiger partial charge is 0.392 e. The minimum atomic E-state index is -0.159. The Morgan fingerprint density at radius 3 is 2.65 bits per heavy atom. The van der Waals surface area contributed by atoms with Crippen molar-refractivity contribution >= 4 is 0 Å². The highest BCUT2D eigenvalue weighted by Gasteiger charge is 2.22. The summed E-state index contributed by atoms with van der Waals surface area (Å²) in [5.41, 5.74) is 2.65. The van der Waals surface area contributed by atoms with Crippen molar-refractivity contribution in [3.63, 3.8) is 0 Å². The summed E-state index contributed by atoms with van der Waals surface area (Å²) >= 11 is 0. The SMILES string of the molecule is Cc1ccc(CN(C)CC2CC(O)CN2)cc1. The molecule has 1 aliphatic heterocycles. The van der Waals surface area contributed by atoms with Crippen LogP contribution in [0.3, 0.4) is 0 Å². The summed E-state index contributed by atoms with van der Waals surface area (Å²) in [6.07, 6.45) is 0.714. The van der Waals surface area contributed by atoms with Gasteiger partial charge in [-0.1, -0.05) is 29.8 Å². The molecule has 1 aliphatic rings. The van der Waals surface area contributed by atoms with E-state index in [0.29, 0.717) is 6.04 Å². The van der Waals surface area contributed by atoms with Crippen LogP contribution in [-0.2, 0) is 6.54 Å². The van der Waals surface area contributed by atoms with Gasteiger partial charge in [-0.2, -0.15) is 0 Å². The highest BCUT2D eigenvalue weighted by Crippen LogP contribution is 2.10. The zero-order valence-corrected chi connectivity index (χ0v) is 10.7. The molecule has 17 heavy (non-hydrogen) atoms. The molecule has 1 saturated heterocycles. The van der Waals surface area contributed by atoms with E-state index in [0.717, 1.165) is 26.1 Å². The van der Waals surface area contributed by atoms with Gasteiger partial charge in [0.05, 0.1) is 6.10 Å². The van der Waals surface area contributed by atoms with Crippen LogP contribution in [0, 0.1) is 6.92 Å². The molecule has 94 valence electrons. The Morgan fingerprint density at radius 2 is 2.06 bits per heavy atom. The van der Waals surface area contributed by atoms with Gasteiger partial charge in [0.25, 0.3) is 0 Å². The molecule has 2 atom stereocenters. The number of nitrogens with one attached hydrogen (secondary N) is 1. The van der Waals surface area contributed by atoms with E-state index < -0.39 is 0 Å². The predicted octanol–water partition coefficient (Wildman–Crippen LogP) is 1.15. The zero-order chi connectivity index (χ0) is 12.3. The molecule has 3 nitrogen and oxygen atoms in total. The van der Waals surface area contributed by atoms with Gasteiger partial charge < -0.3 is 15.3 Å². The Kier molecular flexibility index (Phi) is 4.15. The number of aliphatic hydroxyl groups is 1. The van der Waals surface area contributed by atoms with Crippen molar-refractivity contribution in [3.05, 3.63) is 35.4 Å². The van der Waals surface area contributed by atoms with Crippen LogP contribution in [0.4, 0.5) is 0 Å². The highest BCUT2D eigenvalue weighted by atomic mass is 16.3. The first-order valence-electron chi connectivity index (χ1n) is 6.29. The van der Waals surface area contributed by atoms with Crippen LogP contribution in [0.2, 0.25) is 0 Å². The van der Waals surface area contributed by atoms with Gasteiger partial charge in [0.1, 0.15) is 0 Å². The summed E-state index contributed by atoms with van der Waals surface area (Å²) in [7, 11) is 2.13. The fourth-order valence-corrected chi connectivity index (χ4v) is 2.38. The summed E-state index contributed by atoms with van der Waals surface area (Å²) in [6, 6.07) is 9.10. The Morgan fingerprint density at radius 1 is 1.35 bits per heavy atom. The summed E-state index contributed by atoms with van der Waals surface area (Å²) in [4.78, 5) is 2.31. The average Bonchev–Trinajstić information content (AvgIpc) is 2.67. The van der Waals surface area contributed by atoms with Crippen LogP contribution < -0.4 is 5.32 Å². The Bertz CT molecular complexity index is 350. The number of likely N-dealkylation sites (N-methyl/N-ethyl adjacent to an activating group) is 1. The number of benzene rings is 1. The average molecular weight is 234 g/mol. The number of hydrogen-bond acceptors (Lipinski definition) is 3. The first-order valence-corrected chi connectivity index (χ1v) is 6.29. The van der Waals surface area contributed by atoms with Crippen LogP contribution >= 0.6 is 0 Å². The number of nitrogens with zero attached hydrogens (tertiary/aromatic N) is 1. The maximum atomic E-state index is 9.45. The van der Waals surface area contributed by atoms with Gasteiger partial charge in [-0.05, 0) is 26.0 Å². The lowest BCUT2D eigenvalue weighted by Crippen LogP contribution is -2.34. The third kappa shape index (κ3) is 3.80. The molecule has 1 aromatic carbocycles. The molecule has 3 heteroatoms. The topological polar surface area (TPSA) is 35.5 Å². The number of hydrogen-bond donors (Lipinski definition) is 2. The minimum Gasteiger partial charge on any atom is -0.392 e. The van der Waals surface area contributed by atoms with Crippen molar-refractivity contribution in [2.75, 3.05) is 20.1 Å². The van der Waals surface area contributed by atoms with E-state index in [9.17, 15) is 5.11 Å². The third-order valence-corrected chi connectivity index (χ3v) is 3.30. The van der Waals surface area contributed by atoms with Crippen LogP contribution in [0.15, 0.2) is 24.3 Å². The first kappa shape index (κ1) is 12.6. The van der Waals surface area contributed by atoms with Crippen molar-refractivity contribution in [2.24, 2.45) is 0 Å². The second-order valence-electron chi connectivity index (χ2n) is 5.18. The summed E-state index contributed by atoms with van der Waals surface area (Å²) in [6.45, 7) is 4.81. The quantitative estimate of drug-likeness (QED) is 0.820. The van der Waals surface area contributed by atoms with Gasteiger partial charge in [0.15, 0.2) is 0 Å². The van der Waals surface area contributed by atoms with Gasteiger partial charge in [-0.15, -0.1) is 0 Å². The summed E-state index contributed by atoms with van der Waals surface area (Å²) < 4.78 is 0. The molecular weight excluding hydrogens is 212 g/mol. The van der Waals surface area contributed by atoms with Crippen LogP contribution in [0.5, 0.6) is 0 Å². The number of β-amino-alcohol motifs (C(OH)–C–C–N with tert-alkyl or cyclic N) is 1. The number of aliphatic hydroxyl groups excluding tert-OH is 1. The van der Waals surface area contributed by atoms with Gasteiger partial charge in [-0.25, -0.2) is 0 Å². The normalized spacial score (nSPS) is 24.5. The predicted molar refractivity (Wildman–Crippen MR) is 69.9 cm³/mol. The van der Waals surface area contributed by atoms with Crippen molar-refractivity contribution in [3.8, 4) is 0 Å². The van der Waals surface area contributed by atoms with Gasteiger partial charge in [-0.3, -0.25) is 0 Å². The van der Waals surface area contributed by atoms with E-state index in [1.54, 1.807) is 0 Å². The molecule has 0 spiro atoms. The fourth-order valence-electron chi connectivity index (χ4n) is 2.38. The Balaban J connectivity index is 1.80. The molecule has 1 fully saturated rings. The molecular formula is C14H22N2O. The molecule has 0 amide bonds. The van der Waals surface area contributed by atoms with Gasteiger partial charge in [0.2, 0.25) is 0 Å². The zero-order valence-electron chi connectivity index (χ0n) is 10.7. The molecule has 2 rings (SSSR count). The summed E-state index contributed by atoms with van der Waals surface area (Å²) in [5.74, 6) is 0. The first-order chi connectivity index (χ1) is 8.13. The molecule has 0 saturated carbocycles. The second-order valence-corrected chi connectivity index (χ2v) is 5.18. The van der Waals surface area contributed by atoms with E-state index in [4.69, 9.17) is 0 Å². The molecule has 0 radical (unpaired) electrons. The maximum absolute atomic E-state index is 9.45. The number of aryl methyl sites for hydroxylation is 1. The van der Waals surface area contributed by atoms with E-state index in [1.807, 2.05) is 0 Å². The van der Waals surface area contributed by atoms with Crippen molar-refractivity contribution in [1.29, 1.82) is 0 Å². The van der Waals surface area contributed by atoms with Crippen LogP contribution in [0.1, 0.15) is 17.5 Å². The molecule has 0 bridgehead atoms. The smallest absolute Gasteiger partial charge is 0.0680 e. The lowest BCUT2D eigenvalue weighted by atomic mass is 10.1. The van der Waals surface area contributed by atoms with Crippen LogP contribution in [-0.4, -0.2) is 42.3 Å². The van der Waals surface area contributed by atoms with Crippen molar-refractivity contribution < 1.29 is 5.11 Å². The van der Waals surface area contributed by atoms with Crippen molar-refractivity contribution in [1.82, 2.24) is 10.2 Å². The Hall–Kier alpha value is -0.900. The van der Waals surface area contributed by atoms with E-state index in [1.165, 1.54) is 11.1 Å². The molecule has 1 heterocycles. The van der Waals surface area contributed by atoms with Gasteiger partial charge in [0, 0.05) is 25.7 Å². The lowest BCUT2D eigenvalue weighted by Gasteiger charge is -2.21. The van der Waals surface area contributed by atoms with E-state index >= 15 is 0 Å². The molecule has 1 aromatic rings. The minimum absolute atomic E-state index is 0.159. The van der Waals surface area contributed by atoms with Crippen LogP contribution in [0.25, 0.3) is 0 Å². The second kappa shape index (κ2) is 5.63. The highest BCUT2D eigenvalue weighted by molar-refractivity contribution is 5.21. The monoisotopic (exact) mass is 234 g/mol. The molecule has 2 unspecified atom stereocenters. The molecule has 0 aromatic heterocycles. The van der Waals surface area contributed by atoms with E-state index in [-0.39, 0.29) is 6.10 Å². The summed E-state index contributed by atoms with van der Waals surface area (Å²) in [5, 5.41) is 12.8. The van der Waals surface area contributed by atoms with Crippen molar-refractivity contribution in [2.45, 2.75) is 32.0 Å². The standard InChI is InChI=1S/C14H22N2O/c1-11-3-5-12(6-4-11)9-16(2)10-13-7-14(17)8-15-13/h3-6,13-15,17H,7-10H2,1-2H3. The van der Waals surface area contributed by atoms with Gasteiger partial charge >= 0.3 is 0 Å². The lowest BCUT2D eigenvalue weighted by molar-refractivity contribution is 0.189. The van der Waals surface area contributed by atoms with E-state index in [2.05, 4.69) is 48.5 Å². The molecule has 2 N–H and O–H groups in total.